The second-order valence-electron chi connectivity index (χ2n) is 5.11. The summed E-state index contributed by atoms with van der Waals surface area (Å²) < 4.78 is 21.2. The van der Waals surface area contributed by atoms with Crippen LogP contribution in [0.4, 0.5) is 4.39 Å². The van der Waals surface area contributed by atoms with E-state index in [1.54, 1.807) is 13.2 Å². The molecule has 3 rings (SSSR count). The number of hydrogen-bond acceptors (Lipinski definition) is 2. The van der Waals surface area contributed by atoms with Crippen molar-refractivity contribution in [3.63, 3.8) is 0 Å². The Labute approximate surface area is 126 Å². The van der Waals surface area contributed by atoms with Crippen LogP contribution in [-0.4, -0.2) is 22.8 Å². The third-order valence-electron chi connectivity index (χ3n) is 3.98. The van der Waals surface area contributed by atoms with Crippen LogP contribution in [0.3, 0.4) is 0 Å². The molecule has 1 heterocycles. The number of halogens is 3. The lowest BCUT2D eigenvalue weighted by atomic mass is 10.2. The largest absolute Gasteiger partial charge is 0.381 e. The van der Waals surface area contributed by atoms with Gasteiger partial charge in [0.25, 0.3) is 0 Å². The lowest BCUT2D eigenvalue weighted by Crippen LogP contribution is -2.11. The van der Waals surface area contributed by atoms with Crippen molar-refractivity contribution in [2.75, 3.05) is 7.11 Å². The van der Waals surface area contributed by atoms with Crippen LogP contribution in [0.1, 0.15) is 31.1 Å². The van der Waals surface area contributed by atoms with Crippen LogP contribution in [0.15, 0.2) is 12.1 Å². The Balaban J connectivity index is 2.11. The van der Waals surface area contributed by atoms with Gasteiger partial charge in [-0.2, -0.15) is 0 Å². The molecule has 20 heavy (non-hydrogen) atoms. The lowest BCUT2D eigenvalue weighted by molar-refractivity contribution is 0.106. The third-order valence-corrected chi connectivity index (χ3v) is 4.51. The average molecular weight is 317 g/mol. The Bertz CT molecular complexity index is 644. The van der Waals surface area contributed by atoms with E-state index in [1.165, 1.54) is 6.07 Å². The molecule has 1 aromatic carbocycles. The summed E-state index contributed by atoms with van der Waals surface area (Å²) in [5, 5.41) is 0.0875. The van der Waals surface area contributed by atoms with Crippen molar-refractivity contribution in [1.82, 2.24) is 9.55 Å². The van der Waals surface area contributed by atoms with Gasteiger partial charge in [0.2, 0.25) is 0 Å². The van der Waals surface area contributed by atoms with Gasteiger partial charge in [0, 0.05) is 19.2 Å². The summed E-state index contributed by atoms with van der Waals surface area (Å²) in [5.74, 6) is 0.620. The number of nitrogens with zero attached hydrogens (tertiary/aromatic N) is 2. The maximum atomic E-state index is 13.7. The smallest absolute Gasteiger partial charge is 0.144 e. The van der Waals surface area contributed by atoms with Gasteiger partial charge in [-0.15, -0.1) is 11.6 Å². The van der Waals surface area contributed by atoms with Crippen LogP contribution in [-0.2, 0) is 10.6 Å². The molecule has 1 aliphatic rings. The molecule has 6 heteroatoms. The Morgan fingerprint density at radius 3 is 2.90 bits per heavy atom. The monoisotopic (exact) mass is 316 g/mol. The maximum absolute atomic E-state index is 13.7. The number of hydrogen-bond donors (Lipinski definition) is 0. The molecule has 0 amide bonds. The molecule has 1 fully saturated rings. The zero-order valence-electron chi connectivity index (χ0n) is 11.1. The SMILES string of the molecule is COC1CCC(n2c(CCl)nc3cc(Cl)c(F)cc32)C1. The first-order valence-electron chi connectivity index (χ1n) is 6.58. The van der Waals surface area contributed by atoms with Crippen LogP contribution >= 0.6 is 23.2 Å². The fourth-order valence-corrected chi connectivity index (χ4v) is 3.35. The van der Waals surface area contributed by atoms with Crippen LogP contribution < -0.4 is 0 Å². The highest BCUT2D eigenvalue weighted by molar-refractivity contribution is 6.31. The van der Waals surface area contributed by atoms with E-state index in [9.17, 15) is 4.39 Å². The van der Waals surface area contributed by atoms with Crippen LogP contribution in [0, 0.1) is 5.82 Å². The number of fused-ring (bicyclic) bond motifs is 1. The van der Waals surface area contributed by atoms with E-state index < -0.39 is 5.82 Å². The number of aromatic nitrogens is 2. The summed E-state index contributed by atoms with van der Waals surface area (Å²) in [7, 11) is 1.72. The van der Waals surface area contributed by atoms with Crippen LogP contribution in [0.5, 0.6) is 0 Å². The van der Waals surface area contributed by atoms with Gasteiger partial charge in [-0.25, -0.2) is 9.37 Å². The van der Waals surface area contributed by atoms with Gasteiger partial charge in [0.15, 0.2) is 0 Å². The van der Waals surface area contributed by atoms with Gasteiger partial charge < -0.3 is 9.30 Å². The molecule has 0 spiro atoms. The van der Waals surface area contributed by atoms with E-state index in [0.29, 0.717) is 11.4 Å². The molecule has 3 nitrogen and oxygen atoms in total. The molecule has 2 aromatic rings. The molecule has 1 aliphatic carbocycles. The van der Waals surface area contributed by atoms with E-state index in [4.69, 9.17) is 27.9 Å². The number of methoxy groups -OCH3 is 1. The topological polar surface area (TPSA) is 27.1 Å². The molecule has 2 unspecified atom stereocenters. The molecule has 2 atom stereocenters. The van der Waals surface area contributed by atoms with Gasteiger partial charge in [0.05, 0.1) is 28.0 Å². The zero-order valence-corrected chi connectivity index (χ0v) is 12.6. The molecule has 0 aliphatic heterocycles. The fraction of sp³-hybridized carbons (Fsp3) is 0.500. The number of rotatable bonds is 3. The van der Waals surface area contributed by atoms with Crippen molar-refractivity contribution in [2.24, 2.45) is 0 Å². The number of benzene rings is 1. The molecule has 0 radical (unpaired) electrons. The zero-order chi connectivity index (χ0) is 14.3. The third kappa shape index (κ3) is 2.30. The minimum atomic E-state index is -0.428. The number of alkyl halides is 1. The average Bonchev–Trinajstić information content (AvgIpc) is 3.03. The minimum Gasteiger partial charge on any atom is -0.381 e. The van der Waals surface area contributed by atoms with Gasteiger partial charge in [-0.3, -0.25) is 0 Å². The molecule has 108 valence electrons. The van der Waals surface area contributed by atoms with Gasteiger partial charge in [-0.1, -0.05) is 11.6 Å². The number of imidazole rings is 1. The van der Waals surface area contributed by atoms with E-state index >= 15 is 0 Å². The highest BCUT2D eigenvalue weighted by atomic mass is 35.5. The maximum Gasteiger partial charge on any atom is 0.144 e. The van der Waals surface area contributed by atoms with E-state index in [-0.39, 0.29) is 17.2 Å². The predicted molar refractivity (Wildman–Crippen MR) is 77.9 cm³/mol. The molecule has 0 N–H and O–H groups in total. The van der Waals surface area contributed by atoms with Crippen molar-refractivity contribution in [3.05, 3.63) is 28.8 Å². The van der Waals surface area contributed by atoms with Crippen LogP contribution in [0.2, 0.25) is 5.02 Å². The second-order valence-corrected chi connectivity index (χ2v) is 5.79. The van der Waals surface area contributed by atoms with Crippen LogP contribution in [0.25, 0.3) is 11.0 Å². The Kier molecular flexibility index (Phi) is 3.89. The molecule has 0 bridgehead atoms. The summed E-state index contributed by atoms with van der Waals surface area (Å²) in [5.41, 5.74) is 1.44. The highest BCUT2D eigenvalue weighted by Gasteiger charge is 2.29. The molecule has 1 saturated carbocycles. The first-order chi connectivity index (χ1) is 9.63. The molecule has 1 aromatic heterocycles. The molecule has 0 saturated heterocycles. The van der Waals surface area contributed by atoms with Crippen molar-refractivity contribution in [3.8, 4) is 0 Å². The van der Waals surface area contributed by atoms with Crippen molar-refractivity contribution < 1.29 is 9.13 Å². The number of ether oxygens (including phenoxy) is 1. The first-order valence-corrected chi connectivity index (χ1v) is 7.50. The minimum absolute atomic E-state index is 0.0875. The van der Waals surface area contributed by atoms with E-state index in [1.807, 2.05) is 4.57 Å². The standard InChI is InChI=1S/C14H15Cl2FN2O/c1-20-9-3-2-8(4-9)19-13-6-11(17)10(16)5-12(13)18-14(19)7-15/h5-6,8-9H,2-4,7H2,1H3. The second kappa shape index (κ2) is 5.51. The van der Waals surface area contributed by atoms with E-state index in [0.717, 1.165) is 30.6 Å². The Morgan fingerprint density at radius 2 is 2.25 bits per heavy atom. The Hall–Kier alpha value is -0.840. The summed E-state index contributed by atoms with van der Waals surface area (Å²) in [6.07, 6.45) is 3.13. The lowest BCUT2D eigenvalue weighted by Gasteiger charge is -2.16. The summed E-state index contributed by atoms with van der Waals surface area (Å²) >= 11 is 11.8. The summed E-state index contributed by atoms with van der Waals surface area (Å²) in [6.45, 7) is 0. The van der Waals surface area contributed by atoms with Gasteiger partial charge in [-0.05, 0) is 25.3 Å². The van der Waals surface area contributed by atoms with Gasteiger partial charge in [0.1, 0.15) is 11.6 Å². The van der Waals surface area contributed by atoms with Crippen molar-refractivity contribution in [1.29, 1.82) is 0 Å². The Morgan fingerprint density at radius 1 is 1.45 bits per heavy atom. The van der Waals surface area contributed by atoms with Crippen molar-refractivity contribution in [2.45, 2.75) is 37.3 Å². The van der Waals surface area contributed by atoms with Gasteiger partial charge >= 0.3 is 0 Å². The van der Waals surface area contributed by atoms with Crippen molar-refractivity contribution >= 4 is 34.2 Å². The molecular weight excluding hydrogens is 302 g/mol. The summed E-state index contributed by atoms with van der Waals surface area (Å²) in [6, 6.07) is 3.25. The molecular formula is C14H15Cl2FN2O. The van der Waals surface area contributed by atoms with E-state index in [2.05, 4.69) is 4.98 Å². The normalized spacial score (nSPS) is 22.8. The first kappa shape index (κ1) is 14.1. The highest BCUT2D eigenvalue weighted by Crippen LogP contribution is 2.36. The quantitative estimate of drug-likeness (QED) is 0.789. The fourth-order valence-electron chi connectivity index (χ4n) is 3.01. The predicted octanol–water partition coefficient (Wildman–Crippen LogP) is 4.31. The summed E-state index contributed by atoms with van der Waals surface area (Å²) in [4.78, 5) is 4.47.